The van der Waals surface area contributed by atoms with Gasteiger partial charge in [-0.05, 0) is 37.0 Å². The average molecular weight is 285 g/mol. The Morgan fingerprint density at radius 2 is 2.00 bits per heavy atom. The molecule has 0 spiro atoms. The third-order valence-corrected chi connectivity index (χ3v) is 4.89. The average Bonchev–Trinajstić information content (AvgIpc) is 2.98. The van der Waals surface area contributed by atoms with Gasteiger partial charge in [0.25, 0.3) is 0 Å². The van der Waals surface area contributed by atoms with E-state index in [9.17, 15) is 4.39 Å². The maximum atomic E-state index is 13.9. The molecule has 3 nitrogen and oxygen atoms in total. The van der Waals surface area contributed by atoms with Crippen molar-refractivity contribution in [3.05, 3.63) is 40.5 Å². The van der Waals surface area contributed by atoms with Crippen LogP contribution < -0.4 is 5.73 Å². The third-order valence-electron chi connectivity index (χ3n) is 3.71. The highest BCUT2D eigenvalue weighted by Gasteiger charge is 2.22. The number of nitrogen functional groups attached to an aromatic ring is 1. The zero-order valence-corrected chi connectivity index (χ0v) is 11.5. The SMILES string of the molecule is Nc1nc(-c2ccccc2F)nc2sc3c(c12)CCC3. The molecule has 0 atom stereocenters. The predicted octanol–water partition coefficient (Wildman–Crippen LogP) is 3.57. The van der Waals surface area contributed by atoms with E-state index in [0.717, 1.165) is 23.1 Å². The van der Waals surface area contributed by atoms with E-state index in [4.69, 9.17) is 5.73 Å². The van der Waals surface area contributed by atoms with Crippen molar-refractivity contribution >= 4 is 27.4 Å². The summed E-state index contributed by atoms with van der Waals surface area (Å²) in [6.45, 7) is 0. The Morgan fingerprint density at radius 1 is 1.15 bits per heavy atom. The maximum absolute atomic E-state index is 13.9. The zero-order chi connectivity index (χ0) is 13.7. The zero-order valence-electron chi connectivity index (χ0n) is 10.7. The Labute approximate surface area is 119 Å². The Morgan fingerprint density at radius 3 is 2.85 bits per heavy atom. The van der Waals surface area contributed by atoms with Gasteiger partial charge in [0.05, 0.1) is 10.9 Å². The van der Waals surface area contributed by atoms with E-state index in [2.05, 4.69) is 9.97 Å². The number of benzene rings is 1. The summed E-state index contributed by atoms with van der Waals surface area (Å²) in [5, 5.41) is 0.975. The number of thiophene rings is 1. The van der Waals surface area contributed by atoms with Gasteiger partial charge in [-0.15, -0.1) is 11.3 Å². The van der Waals surface area contributed by atoms with Gasteiger partial charge in [0.1, 0.15) is 16.5 Å². The highest BCUT2D eigenvalue weighted by atomic mass is 32.1. The number of aryl methyl sites for hydroxylation is 2. The molecule has 5 heteroatoms. The fourth-order valence-electron chi connectivity index (χ4n) is 2.79. The Bertz CT molecular complexity index is 825. The normalized spacial score (nSPS) is 13.8. The molecule has 1 aromatic carbocycles. The van der Waals surface area contributed by atoms with Gasteiger partial charge in [-0.25, -0.2) is 14.4 Å². The summed E-state index contributed by atoms with van der Waals surface area (Å²) >= 11 is 1.66. The molecule has 0 unspecified atom stereocenters. The van der Waals surface area contributed by atoms with Crippen molar-refractivity contribution in [1.29, 1.82) is 0 Å². The van der Waals surface area contributed by atoms with Crippen LogP contribution in [0.3, 0.4) is 0 Å². The Hall–Kier alpha value is -2.01. The molecule has 1 aliphatic carbocycles. The number of aromatic nitrogens is 2. The molecule has 2 N–H and O–H groups in total. The fraction of sp³-hybridized carbons (Fsp3) is 0.200. The molecule has 1 aliphatic rings. The van der Waals surface area contributed by atoms with E-state index in [-0.39, 0.29) is 5.82 Å². The molecule has 4 rings (SSSR count). The minimum Gasteiger partial charge on any atom is -0.383 e. The first kappa shape index (κ1) is 11.8. The third kappa shape index (κ3) is 1.63. The lowest BCUT2D eigenvalue weighted by molar-refractivity contribution is 0.630. The standard InChI is InChI=1S/C15H12FN3S/c16-10-6-2-1-4-8(10)14-18-13(17)12-9-5-3-7-11(9)20-15(12)19-14/h1-2,4,6H,3,5,7H2,(H2,17,18,19). The highest BCUT2D eigenvalue weighted by Crippen LogP contribution is 2.39. The molecule has 0 saturated heterocycles. The number of nitrogens with zero attached hydrogens (tertiary/aromatic N) is 2. The van der Waals surface area contributed by atoms with Crippen molar-refractivity contribution in [2.45, 2.75) is 19.3 Å². The summed E-state index contributed by atoms with van der Waals surface area (Å²) in [5.41, 5.74) is 7.79. The molecule has 0 bridgehead atoms. The van der Waals surface area contributed by atoms with E-state index < -0.39 is 0 Å². The van der Waals surface area contributed by atoms with Crippen LogP contribution in [0.1, 0.15) is 16.9 Å². The first-order chi connectivity index (χ1) is 9.74. The van der Waals surface area contributed by atoms with Crippen LogP contribution in [-0.4, -0.2) is 9.97 Å². The van der Waals surface area contributed by atoms with Crippen molar-refractivity contribution < 1.29 is 4.39 Å². The van der Waals surface area contributed by atoms with Gasteiger partial charge >= 0.3 is 0 Å². The number of hydrogen-bond acceptors (Lipinski definition) is 4. The van der Waals surface area contributed by atoms with Crippen LogP contribution in [0.5, 0.6) is 0 Å². The molecular formula is C15H12FN3S. The minimum absolute atomic E-state index is 0.324. The maximum Gasteiger partial charge on any atom is 0.166 e. The van der Waals surface area contributed by atoms with Gasteiger partial charge in [0.2, 0.25) is 0 Å². The molecule has 0 aliphatic heterocycles. The van der Waals surface area contributed by atoms with Gasteiger partial charge < -0.3 is 5.73 Å². The number of fused-ring (bicyclic) bond motifs is 3. The van der Waals surface area contributed by atoms with Gasteiger partial charge in [-0.3, -0.25) is 0 Å². The number of hydrogen-bond donors (Lipinski definition) is 1. The van der Waals surface area contributed by atoms with Crippen LogP contribution in [0, 0.1) is 5.82 Å². The van der Waals surface area contributed by atoms with Crippen molar-refractivity contribution in [3.63, 3.8) is 0 Å². The smallest absolute Gasteiger partial charge is 0.166 e. The molecule has 2 heterocycles. The van der Waals surface area contributed by atoms with Gasteiger partial charge in [0.15, 0.2) is 5.82 Å². The van der Waals surface area contributed by atoms with Crippen LogP contribution in [-0.2, 0) is 12.8 Å². The fourth-order valence-corrected chi connectivity index (χ4v) is 4.06. The largest absolute Gasteiger partial charge is 0.383 e. The molecule has 0 saturated carbocycles. The van der Waals surface area contributed by atoms with Crippen LogP contribution in [0.4, 0.5) is 10.2 Å². The van der Waals surface area contributed by atoms with Crippen molar-refractivity contribution in [2.24, 2.45) is 0 Å². The second-order valence-electron chi connectivity index (χ2n) is 4.95. The second-order valence-corrected chi connectivity index (χ2v) is 6.03. The summed E-state index contributed by atoms with van der Waals surface area (Å²) in [7, 11) is 0. The van der Waals surface area contributed by atoms with E-state index in [1.54, 1.807) is 29.5 Å². The van der Waals surface area contributed by atoms with Crippen molar-refractivity contribution in [2.75, 3.05) is 5.73 Å². The minimum atomic E-state index is -0.324. The van der Waals surface area contributed by atoms with Gasteiger partial charge in [-0.1, -0.05) is 12.1 Å². The van der Waals surface area contributed by atoms with E-state index >= 15 is 0 Å². The Kier molecular flexibility index (Phi) is 2.50. The molecule has 0 fully saturated rings. The molecule has 0 amide bonds. The molecule has 100 valence electrons. The second kappa shape index (κ2) is 4.24. The monoisotopic (exact) mass is 285 g/mol. The van der Waals surface area contributed by atoms with Crippen LogP contribution in [0.2, 0.25) is 0 Å². The number of anilines is 1. The number of halogens is 1. The van der Waals surface area contributed by atoms with Gasteiger partial charge in [-0.2, -0.15) is 0 Å². The van der Waals surface area contributed by atoms with E-state index in [1.807, 2.05) is 0 Å². The lowest BCUT2D eigenvalue weighted by Crippen LogP contribution is -1.98. The summed E-state index contributed by atoms with van der Waals surface area (Å²) in [5.74, 6) is 0.510. The van der Waals surface area contributed by atoms with E-state index in [1.165, 1.54) is 22.9 Å². The predicted molar refractivity (Wildman–Crippen MR) is 79.2 cm³/mol. The summed E-state index contributed by atoms with van der Waals surface area (Å²) in [6, 6.07) is 6.52. The quantitative estimate of drug-likeness (QED) is 0.743. The molecule has 3 aromatic rings. The summed E-state index contributed by atoms with van der Waals surface area (Å²) < 4.78 is 13.9. The van der Waals surface area contributed by atoms with Crippen LogP contribution in [0.25, 0.3) is 21.6 Å². The van der Waals surface area contributed by atoms with E-state index in [0.29, 0.717) is 17.2 Å². The van der Waals surface area contributed by atoms with Crippen molar-refractivity contribution in [3.8, 4) is 11.4 Å². The molecule has 20 heavy (non-hydrogen) atoms. The summed E-state index contributed by atoms with van der Waals surface area (Å²) in [4.78, 5) is 11.1. The van der Waals surface area contributed by atoms with Crippen LogP contribution in [0.15, 0.2) is 24.3 Å². The lowest BCUT2D eigenvalue weighted by atomic mass is 10.1. The molecule has 0 radical (unpaired) electrons. The number of nitrogens with two attached hydrogens (primary N) is 1. The van der Waals surface area contributed by atoms with Crippen LogP contribution >= 0.6 is 11.3 Å². The topological polar surface area (TPSA) is 51.8 Å². The van der Waals surface area contributed by atoms with Gasteiger partial charge in [0, 0.05) is 4.88 Å². The summed E-state index contributed by atoms with van der Waals surface area (Å²) in [6.07, 6.45) is 3.30. The highest BCUT2D eigenvalue weighted by molar-refractivity contribution is 7.19. The molecule has 2 aromatic heterocycles. The molecular weight excluding hydrogens is 273 g/mol. The van der Waals surface area contributed by atoms with Crippen molar-refractivity contribution in [1.82, 2.24) is 9.97 Å². The number of rotatable bonds is 1. The Balaban J connectivity index is 1.98. The first-order valence-electron chi connectivity index (χ1n) is 6.56. The first-order valence-corrected chi connectivity index (χ1v) is 7.38. The lowest BCUT2D eigenvalue weighted by Gasteiger charge is -2.04.